The predicted octanol–water partition coefficient (Wildman–Crippen LogP) is 3.21. The standard InChI is InChI=1S/C13H17BrN2OS/c1-18-13(4-5-13)8-15-12(17)11-6-9(14)7-16(11)10-2-3-10/h6-7,10H,2-5,8H2,1H3,(H,15,17). The zero-order valence-electron chi connectivity index (χ0n) is 10.4. The van der Waals surface area contributed by atoms with E-state index in [1.165, 1.54) is 25.7 Å². The molecular formula is C13H17BrN2OS. The molecule has 0 aromatic carbocycles. The van der Waals surface area contributed by atoms with Crippen molar-refractivity contribution in [2.75, 3.05) is 12.8 Å². The summed E-state index contributed by atoms with van der Waals surface area (Å²) in [7, 11) is 0. The molecule has 2 saturated carbocycles. The number of aromatic nitrogens is 1. The Morgan fingerprint density at radius 1 is 1.61 bits per heavy atom. The van der Waals surface area contributed by atoms with Gasteiger partial charge in [0.25, 0.3) is 5.91 Å². The molecule has 1 aromatic heterocycles. The first kappa shape index (κ1) is 12.6. The first-order valence-corrected chi connectivity index (χ1v) is 8.36. The molecule has 2 fully saturated rings. The maximum atomic E-state index is 12.2. The molecule has 0 bridgehead atoms. The van der Waals surface area contributed by atoms with Crippen molar-refractivity contribution in [3.05, 3.63) is 22.4 Å². The highest BCUT2D eigenvalue weighted by Gasteiger charge is 2.42. The van der Waals surface area contributed by atoms with Gasteiger partial charge in [-0.25, -0.2) is 0 Å². The highest BCUT2D eigenvalue weighted by Crippen LogP contribution is 2.46. The smallest absolute Gasteiger partial charge is 0.268 e. The maximum Gasteiger partial charge on any atom is 0.268 e. The number of halogens is 1. The number of rotatable bonds is 5. The van der Waals surface area contributed by atoms with Crippen LogP contribution in [0.1, 0.15) is 42.2 Å². The summed E-state index contributed by atoms with van der Waals surface area (Å²) in [6.45, 7) is 0.792. The fourth-order valence-electron chi connectivity index (χ4n) is 2.21. The average Bonchev–Trinajstić information content (AvgIpc) is 3.26. The third-order valence-electron chi connectivity index (χ3n) is 3.80. The van der Waals surface area contributed by atoms with Gasteiger partial charge in [0.1, 0.15) is 5.69 Å². The molecule has 3 nitrogen and oxygen atoms in total. The molecule has 2 aliphatic rings. The SMILES string of the molecule is CSC1(CNC(=O)c2cc(Br)cn2C2CC2)CC1. The third kappa shape index (κ3) is 2.48. The molecule has 0 radical (unpaired) electrons. The Labute approximate surface area is 120 Å². The number of hydrogen-bond acceptors (Lipinski definition) is 2. The minimum Gasteiger partial charge on any atom is -0.349 e. The molecule has 18 heavy (non-hydrogen) atoms. The number of carbonyl (C=O) groups excluding carboxylic acids is 1. The molecule has 1 heterocycles. The van der Waals surface area contributed by atoms with E-state index in [0.717, 1.165) is 16.7 Å². The third-order valence-corrected chi connectivity index (χ3v) is 5.65. The number of carbonyl (C=O) groups is 1. The zero-order valence-corrected chi connectivity index (χ0v) is 12.8. The van der Waals surface area contributed by atoms with Gasteiger partial charge in [0.05, 0.1) is 0 Å². The summed E-state index contributed by atoms with van der Waals surface area (Å²) in [5, 5.41) is 3.09. The fourth-order valence-corrected chi connectivity index (χ4v) is 3.37. The van der Waals surface area contributed by atoms with Crippen molar-refractivity contribution >= 4 is 33.6 Å². The van der Waals surface area contributed by atoms with Gasteiger partial charge < -0.3 is 9.88 Å². The summed E-state index contributed by atoms with van der Waals surface area (Å²) in [6, 6.07) is 2.46. The average molecular weight is 329 g/mol. The summed E-state index contributed by atoms with van der Waals surface area (Å²) < 4.78 is 3.42. The lowest BCUT2D eigenvalue weighted by Crippen LogP contribution is -2.32. The van der Waals surface area contributed by atoms with Crippen LogP contribution in [0.25, 0.3) is 0 Å². The topological polar surface area (TPSA) is 34.0 Å². The van der Waals surface area contributed by atoms with Gasteiger partial charge in [-0.1, -0.05) is 0 Å². The van der Waals surface area contributed by atoms with Crippen molar-refractivity contribution in [3.8, 4) is 0 Å². The fraction of sp³-hybridized carbons (Fsp3) is 0.615. The van der Waals surface area contributed by atoms with Crippen LogP contribution in [-0.2, 0) is 0 Å². The van der Waals surface area contributed by atoms with E-state index < -0.39 is 0 Å². The molecular weight excluding hydrogens is 312 g/mol. The van der Waals surface area contributed by atoms with Crippen LogP contribution < -0.4 is 5.32 Å². The van der Waals surface area contributed by atoms with E-state index in [1.54, 1.807) is 0 Å². The number of thioether (sulfide) groups is 1. The van der Waals surface area contributed by atoms with E-state index in [-0.39, 0.29) is 5.91 Å². The first-order valence-electron chi connectivity index (χ1n) is 6.34. The summed E-state index contributed by atoms with van der Waals surface area (Å²) in [4.78, 5) is 12.2. The van der Waals surface area contributed by atoms with Gasteiger partial charge in [0.2, 0.25) is 0 Å². The molecule has 98 valence electrons. The molecule has 2 aliphatic carbocycles. The second-order valence-corrected chi connectivity index (χ2v) is 7.44. The Kier molecular flexibility index (Phi) is 3.22. The lowest BCUT2D eigenvalue weighted by atomic mass is 10.3. The molecule has 0 aliphatic heterocycles. The van der Waals surface area contributed by atoms with Crippen LogP contribution in [0.4, 0.5) is 0 Å². The van der Waals surface area contributed by atoms with Gasteiger partial charge in [0, 0.05) is 28.0 Å². The van der Waals surface area contributed by atoms with Gasteiger partial charge in [-0.05, 0) is 53.9 Å². The molecule has 1 amide bonds. The van der Waals surface area contributed by atoms with Crippen molar-refractivity contribution in [2.24, 2.45) is 0 Å². The quantitative estimate of drug-likeness (QED) is 0.900. The van der Waals surface area contributed by atoms with Gasteiger partial charge in [0.15, 0.2) is 0 Å². The van der Waals surface area contributed by atoms with E-state index in [9.17, 15) is 4.79 Å². The van der Waals surface area contributed by atoms with E-state index in [2.05, 4.69) is 32.1 Å². The number of hydrogen-bond donors (Lipinski definition) is 1. The molecule has 1 aromatic rings. The summed E-state index contributed by atoms with van der Waals surface area (Å²) in [6.07, 6.45) is 8.98. The van der Waals surface area contributed by atoms with Crippen LogP contribution in [0.5, 0.6) is 0 Å². The Morgan fingerprint density at radius 2 is 2.33 bits per heavy atom. The molecule has 1 N–H and O–H groups in total. The summed E-state index contributed by atoms with van der Waals surface area (Å²) >= 11 is 5.33. The lowest BCUT2D eigenvalue weighted by molar-refractivity contribution is 0.0943. The largest absolute Gasteiger partial charge is 0.349 e. The van der Waals surface area contributed by atoms with Crippen LogP contribution in [-0.4, -0.2) is 28.0 Å². The minimum absolute atomic E-state index is 0.0629. The van der Waals surface area contributed by atoms with Crippen LogP contribution in [0.15, 0.2) is 16.7 Å². The van der Waals surface area contributed by atoms with E-state index in [0.29, 0.717) is 10.8 Å². The number of amides is 1. The van der Waals surface area contributed by atoms with Crippen LogP contribution in [0, 0.1) is 0 Å². The normalized spacial score (nSPS) is 20.8. The molecule has 5 heteroatoms. The highest BCUT2D eigenvalue weighted by molar-refractivity contribution is 9.10. The van der Waals surface area contributed by atoms with E-state index >= 15 is 0 Å². The second-order valence-electron chi connectivity index (χ2n) is 5.25. The number of nitrogens with one attached hydrogen (secondary N) is 1. The van der Waals surface area contributed by atoms with Crippen LogP contribution in [0.2, 0.25) is 0 Å². The lowest BCUT2D eigenvalue weighted by Gasteiger charge is -2.14. The van der Waals surface area contributed by atoms with Crippen LogP contribution in [0.3, 0.4) is 0 Å². The minimum atomic E-state index is 0.0629. The van der Waals surface area contributed by atoms with Gasteiger partial charge >= 0.3 is 0 Å². The molecule has 0 spiro atoms. The Bertz CT molecular complexity index is 477. The molecule has 0 saturated heterocycles. The zero-order chi connectivity index (χ0) is 12.8. The van der Waals surface area contributed by atoms with Crippen molar-refractivity contribution in [3.63, 3.8) is 0 Å². The monoisotopic (exact) mass is 328 g/mol. The second kappa shape index (κ2) is 4.60. The predicted molar refractivity (Wildman–Crippen MR) is 78.2 cm³/mol. The first-order chi connectivity index (χ1) is 8.63. The van der Waals surface area contributed by atoms with Gasteiger partial charge in [-0.15, -0.1) is 0 Å². The molecule has 3 rings (SSSR count). The van der Waals surface area contributed by atoms with E-state index in [4.69, 9.17) is 0 Å². The van der Waals surface area contributed by atoms with Gasteiger partial charge in [-0.3, -0.25) is 4.79 Å². The summed E-state index contributed by atoms with van der Waals surface area (Å²) in [5.41, 5.74) is 0.793. The molecule has 0 atom stereocenters. The van der Waals surface area contributed by atoms with Crippen molar-refractivity contribution in [1.82, 2.24) is 9.88 Å². The van der Waals surface area contributed by atoms with Crippen molar-refractivity contribution in [2.45, 2.75) is 36.5 Å². The van der Waals surface area contributed by atoms with Crippen LogP contribution >= 0.6 is 27.7 Å². The highest BCUT2D eigenvalue weighted by atomic mass is 79.9. The van der Waals surface area contributed by atoms with E-state index in [1.807, 2.05) is 24.0 Å². The van der Waals surface area contributed by atoms with Crippen molar-refractivity contribution in [1.29, 1.82) is 0 Å². The Hall–Kier alpha value is -0.420. The Morgan fingerprint density at radius 3 is 2.89 bits per heavy atom. The summed E-state index contributed by atoms with van der Waals surface area (Å²) in [5.74, 6) is 0.0629. The van der Waals surface area contributed by atoms with Crippen molar-refractivity contribution < 1.29 is 4.79 Å². The number of nitrogens with zero attached hydrogens (tertiary/aromatic N) is 1. The van der Waals surface area contributed by atoms with Gasteiger partial charge in [-0.2, -0.15) is 11.8 Å². The maximum absolute atomic E-state index is 12.2. The Balaban J connectivity index is 1.68. The molecule has 0 unspecified atom stereocenters.